The number of sulfonamides is 1. The molecule has 18 heavy (non-hydrogen) atoms. The van der Waals surface area contributed by atoms with Gasteiger partial charge in [0, 0.05) is 0 Å². The van der Waals surface area contributed by atoms with Crippen molar-refractivity contribution in [3.8, 4) is 5.75 Å². The van der Waals surface area contributed by atoms with Gasteiger partial charge in [0.25, 0.3) is 0 Å². The second-order valence-corrected chi connectivity index (χ2v) is 5.64. The molecule has 0 aliphatic heterocycles. The molecule has 0 saturated carbocycles. The molecule has 0 amide bonds. The minimum Gasteiger partial charge on any atom is -0.497 e. The van der Waals surface area contributed by atoms with Gasteiger partial charge in [0.1, 0.15) is 5.75 Å². The monoisotopic (exact) mass is 272 g/mol. The molecular formula is C12H20N2O3S. The number of likely N-dealkylation sites (N-methyl/N-ethyl adjacent to an activating group) is 1. The lowest BCUT2D eigenvalue weighted by atomic mass is 10.1. The van der Waals surface area contributed by atoms with Crippen LogP contribution in [0.3, 0.4) is 0 Å². The van der Waals surface area contributed by atoms with E-state index in [0.29, 0.717) is 17.1 Å². The smallest absolute Gasteiger partial charge is 0.240 e. The van der Waals surface area contributed by atoms with Crippen molar-refractivity contribution in [3.63, 3.8) is 0 Å². The van der Waals surface area contributed by atoms with Crippen molar-refractivity contribution in [2.45, 2.75) is 18.2 Å². The zero-order valence-corrected chi connectivity index (χ0v) is 11.8. The number of ether oxygens (including phenoxy) is 1. The lowest BCUT2D eigenvalue weighted by molar-refractivity contribution is 0.413. The Bertz CT molecular complexity index is 486. The van der Waals surface area contributed by atoms with Gasteiger partial charge in [-0.25, -0.2) is 13.1 Å². The zero-order chi connectivity index (χ0) is 13.6. The van der Waals surface area contributed by atoms with Crippen LogP contribution in [0.15, 0.2) is 23.1 Å². The van der Waals surface area contributed by atoms with E-state index >= 15 is 0 Å². The molecule has 0 aromatic heterocycles. The first-order valence-electron chi connectivity index (χ1n) is 5.86. The van der Waals surface area contributed by atoms with Crippen LogP contribution < -0.4 is 14.8 Å². The summed E-state index contributed by atoms with van der Waals surface area (Å²) < 4.78 is 31.2. The van der Waals surface area contributed by atoms with Crippen molar-refractivity contribution < 1.29 is 13.2 Å². The maximum Gasteiger partial charge on any atom is 0.240 e. The summed E-state index contributed by atoms with van der Waals surface area (Å²) in [6.07, 6.45) is 0.640. The lowest BCUT2D eigenvalue weighted by Gasteiger charge is -2.11. The normalized spacial score (nSPS) is 11.5. The number of methoxy groups -OCH3 is 1. The summed E-state index contributed by atoms with van der Waals surface area (Å²) in [6, 6.07) is 4.99. The van der Waals surface area contributed by atoms with Gasteiger partial charge in [-0.05, 0) is 50.3 Å². The van der Waals surface area contributed by atoms with E-state index in [1.807, 2.05) is 6.92 Å². The molecule has 0 spiro atoms. The Morgan fingerprint density at radius 2 is 2.06 bits per heavy atom. The molecule has 1 rings (SSSR count). The van der Waals surface area contributed by atoms with E-state index < -0.39 is 10.0 Å². The molecule has 0 unspecified atom stereocenters. The Morgan fingerprint density at radius 1 is 1.33 bits per heavy atom. The van der Waals surface area contributed by atoms with Crippen LogP contribution in [-0.4, -0.2) is 35.7 Å². The van der Waals surface area contributed by atoms with Crippen LogP contribution >= 0.6 is 0 Å². The number of rotatable bonds is 7. The van der Waals surface area contributed by atoms with Crippen LogP contribution in [0.25, 0.3) is 0 Å². The highest BCUT2D eigenvalue weighted by molar-refractivity contribution is 7.89. The first-order chi connectivity index (χ1) is 8.55. The Hall–Kier alpha value is -1.11. The van der Waals surface area contributed by atoms with Crippen LogP contribution in [0.4, 0.5) is 0 Å². The first-order valence-corrected chi connectivity index (χ1v) is 7.34. The minimum absolute atomic E-state index is 0.309. The molecule has 0 heterocycles. The summed E-state index contributed by atoms with van der Waals surface area (Å²) in [5.74, 6) is 0.663. The predicted octanol–water partition coefficient (Wildman–Crippen LogP) is 0.755. The lowest BCUT2D eigenvalue weighted by Crippen LogP contribution is -2.22. The molecular weight excluding hydrogens is 252 g/mol. The van der Waals surface area contributed by atoms with Gasteiger partial charge < -0.3 is 10.1 Å². The van der Waals surface area contributed by atoms with E-state index in [1.54, 1.807) is 25.3 Å². The van der Waals surface area contributed by atoms with Crippen LogP contribution in [0.5, 0.6) is 5.75 Å². The molecule has 6 heteroatoms. The van der Waals surface area contributed by atoms with Gasteiger partial charge in [-0.2, -0.15) is 0 Å². The summed E-state index contributed by atoms with van der Waals surface area (Å²) in [5, 5.41) is 3.17. The first kappa shape index (κ1) is 14.9. The summed E-state index contributed by atoms with van der Waals surface area (Å²) in [7, 11) is -0.449. The van der Waals surface area contributed by atoms with Crippen LogP contribution in [0.2, 0.25) is 0 Å². The molecule has 5 nitrogen and oxygen atoms in total. The highest BCUT2D eigenvalue weighted by Gasteiger charge is 2.16. The number of hydrogen-bond acceptors (Lipinski definition) is 4. The van der Waals surface area contributed by atoms with Gasteiger partial charge in [0.2, 0.25) is 10.0 Å². The fraction of sp³-hybridized carbons (Fsp3) is 0.500. The largest absolute Gasteiger partial charge is 0.497 e. The third-order valence-corrected chi connectivity index (χ3v) is 4.16. The molecule has 0 radical (unpaired) electrons. The molecule has 1 aromatic rings. The van der Waals surface area contributed by atoms with E-state index in [4.69, 9.17) is 4.74 Å². The third kappa shape index (κ3) is 3.69. The highest BCUT2D eigenvalue weighted by atomic mass is 32.2. The van der Waals surface area contributed by atoms with Gasteiger partial charge >= 0.3 is 0 Å². The maximum atomic E-state index is 11.9. The number of nitrogens with one attached hydrogen (secondary N) is 2. The van der Waals surface area contributed by atoms with Crippen molar-refractivity contribution in [2.75, 3.05) is 27.2 Å². The van der Waals surface area contributed by atoms with Crippen molar-refractivity contribution in [1.29, 1.82) is 0 Å². The molecule has 0 aliphatic rings. The van der Waals surface area contributed by atoms with Gasteiger partial charge in [0.05, 0.1) is 12.0 Å². The van der Waals surface area contributed by atoms with E-state index in [-0.39, 0.29) is 0 Å². The SMILES string of the molecule is CCNCCc1cc(OC)ccc1S(=O)(=O)NC. The maximum absolute atomic E-state index is 11.9. The Balaban J connectivity index is 3.08. The average molecular weight is 272 g/mol. The number of hydrogen-bond donors (Lipinski definition) is 2. The molecule has 2 N–H and O–H groups in total. The fourth-order valence-corrected chi connectivity index (χ4v) is 2.62. The zero-order valence-electron chi connectivity index (χ0n) is 11.0. The van der Waals surface area contributed by atoms with Crippen LogP contribution in [0, 0.1) is 0 Å². The fourth-order valence-electron chi connectivity index (χ4n) is 1.65. The molecule has 0 aliphatic carbocycles. The van der Waals surface area contributed by atoms with Crippen LogP contribution in [-0.2, 0) is 16.4 Å². The molecule has 1 aromatic carbocycles. The van der Waals surface area contributed by atoms with E-state index in [9.17, 15) is 8.42 Å². The minimum atomic E-state index is -3.42. The van der Waals surface area contributed by atoms with Crippen molar-refractivity contribution in [3.05, 3.63) is 23.8 Å². The third-order valence-electron chi connectivity index (χ3n) is 2.65. The van der Waals surface area contributed by atoms with Gasteiger partial charge in [-0.15, -0.1) is 0 Å². The standard InChI is InChI=1S/C12H20N2O3S/c1-4-14-8-7-10-9-11(17-3)5-6-12(10)18(15,16)13-2/h5-6,9,13-14H,4,7-8H2,1-3H3. The van der Waals surface area contributed by atoms with Crippen LogP contribution in [0.1, 0.15) is 12.5 Å². The summed E-state index contributed by atoms with van der Waals surface area (Å²) >= 11 is 0. The second-order valence-electron chi connectivity index (χ2n) is 3.78. The van der Waals surface area contributed by atoms with E-state index in [0.717, 1.165) is 18.7 Å². The quantitative estimate of drug-likeness (QED) is 0.719. The Morgan fingerprint density at radius 3 is 2.61 bits per heavy atom. The Labute approximate surface area is 109 Å². The van der Waals surface area contributed by atoms with Crippen molar-refractivity contribution >= 4 is 10.0 Å². The van der Waals surface area contributed by atoms with Gasteiger partial charge in [-0.1, -0.05) is 6.92 Å². The summed E-state index contributed by atoms with van der Waals surface area (Å²) in [5.41, 5.74) is 0.754. The van der Waals surface area contributed by atoms with Gasteiger partial charge in [-0.3, -0.25) is 0 Å². The van der Waals surface area contributed by atoms with Crippen molar-refractivity contribution in [2.24, 2.45) is 0 Å². The predicted molar refractivity (Wildman–Crippen MR) is 71.5 cm³/mol. The highest BCUT2D eigenvalue weighted by Crippen LogP contribution is 2.21. The molecule has 102 valence electrons. The summed E-state index contributed by atoms with van der Waals surface area (Å²) in [4.78, 5) is 0.309. The topological polar surface area (TPSA) is 67.4 Å². The van der Waals surface area contributed by atoms with Crippen molar-refractivity contribution in [1.82, 2.24) is 10.0 Å². The van der Waals surface area contributed by atoms with E-state index in [1.165, 1.54) is 7.05 Å². The summed E-state index contributed by atoms with van der Waals surface area (Å²) in [6.45, 7) is 3.60. The van der Waals surface area contributed by atoms with Gasteiger partial charge in [0.15, 0.2) is 0 Å². The molecule has 0 bridgehead atoms. The average Bonchev–Trinajstić information content (AvgIpc) is 2.38. The van der Waals surface area contributed by atoms with E-state index in [2.05, 4.69) is 10.0 Å². The molecule has 0 atom stereocenters. The molecule has 0 fully saturated rings. The Kier molecular flexibility index (Phi) is 5.58. The second kappa shape index (κ2) is 6.72. The molecule has 0 saturated heterocycles. The number of benzene rings is 1.